The van der Waals surface area contributed by atoms with Crippen LogP contribution in [0.2, 0.25) is 0 Å². The first-order valence-corrected chi connectivity index (χ1v) is 8.39. The van der Waals surface area contributed by atoms with E-state index in [1.54, 1.807) is 0 Å². The van der Waals surface area contributed by atoms with Gasteiger partial charge in [-0.2, -0.15) is 0 Å². The Morgan fingerprint density at radius 3 is 3.14 bits per heavy atom. The fourth-order valence-electron chi connectivity index (χ4n) is 2.43. The van der Waals surface area contributed by atoms with E-state index in [0.29, 0.717) is 15.5 Å². The average molecular weight is 369 g/mol. The van der Waals surface area contributed by atoms with Crippen LogP contribution < -0.4 is 5.32 Å². The molecular formula is C15H14BrFN2OS. The Balaban J connectivity index is 1.80. The summed E-state index contributed by atoms with van der Waals surface area (Å²) in [7, 11) is 0. The van der Waals surface area contributed by atoms with Crippen molar-refractivity contribution >= 4 is 38.3 Å². The molecule has 1 aromatic heterocycles. The molecule has 0 saturated heterocycles. The van der Waals surface area contributed by atoms with Gasteiger partial charge in [0.15, 0.2) is 5.13 Å². The van der Waals surface area contributed by atoms with Crippen LogP contribution in [0.4, 0.5) is 9.52 Å². The molecule has 1 aliphatic carbocycles. The van der Waals surface area contributed by atoms with E-state index in [4.69, 9.17) is 0 Å². The summed E-state index contributed by atoms with van der Waals surface area (Å²) in [6.07, 6.45) is 3.12. The van der Waals surface area contributed by atoms with Crippen molar-refractivity contribution in [1.29, 1.82) is 0 Å². The van der Waals surface area contributed by atoms with Crippen molar-refractivity contribution in [3.05, 3.63) is 44.6 Å². The quantitative estimate of drug-likeness (QED) is 0.852. The predicted octanol–water partition coefficient (Wildman–Crippen LogP) is 4.42. The lowest BCUT2D eigenvalue weighted by molar-refractivity contribution is 0.102. The second-order valence-electron chi connectivity index (χ2n) is 5.32. The predicted molar refractivity (Wildman–Crippen MR) is 85.4 cm³/mol. The van der Waals surface area contributed by atoms with Crippen LogP contribution in [0, 0.1) is 11.7 Å². The number of thiazole rings is 1. The summed E-state index contributed by atoms with van der Waals surface area (Å²) in [4.78, 5) is 18.0. The highest BCUT2D eigenvalue weighted by Gasteiger charge is 2.21. The van der Waals surface area contributed by atoms with E-state index < -0.39 is 5.82 Å². The van der Waals surface area contributed by atoms with E-state index in [0.717, 1.165) is 25.0 Å². The zero-order valence-corrected chi connectivity index (χ0v) is 13.9. The Labute approximate surface area is 134 Å². The van der Waals surface area contributed by atoms with E-state index in [9.17, 15) is 9.18 Å². The zero-order valence-electron chi connectivity index (χ0n) is 11.5. The van der Waals surface area contributed by atoms with Crippen molar-refractivity contribution in [1.82, 2.24) is 4.98 Å². The number of benzene rings is 1. The van der Waals surface area contributed by atoms with E-state index >= 15 is 0 Å². The van der Waals surface area contributed by atoms with Gasteiger partial charge in [-0.25, -0.2) is 9.37 Å². The lowest BCUT2D eigenvalue weighted by Crippen LogP contribution is -2.13. The Hall–Kier alpha value is -1.27. The molecule has 0 spiro atoms. The average Bonchev–Trinajstić information content (AvgIpc) is 2.82. The zero-order chi connectivity index (χ0) is 15.0. The topological polar surface area (TPSA) is 42.0 Å². The minimum absolute atomic E-state index is 0.275. The minimum atomic E-state index is -0.435. The van der Waals surface area contributed by atoms with E-state index in [-0.39, 0.29) is 11.5 Å². The van der Waals surface area contributed by atoms with Crippen LogP contribution in [-0.2, 0) is 12.8 Å². The summed E-state index contributed by atoms with van der Waals surface area (Å²) in [5.41, 5.74) is 1.36. The summed E-state index contributed by atoms with van der Waals surface area (Å²) < 4.78 is 13.8. The van der Waals surface area contributed by atoms with Gasteiger partial charge in [0, 0.05) is 9.35 Å². The summed E-state index contributed by atoms with van der Waals surface area (Å²) in [5.74, 6) is -0.116. The maximum absolute atomic E-state index is 13.3. The third-order valence-corrected chi connectivity index (χ3v) is 5.31. The second-order valence-corrected chi connectivity index (χ2v) is 7.25. The second kappa shape index (κ2) is 5.85. The molecular weight excluding hydrogens is 355 g/mol. The molecule has 0 bridgehead atoms. The monoisotopic (exact) mass is 368 g/mol. The molecule has 3 nitrogen and oxygen atoms in total. The van der Waals surface area contributed by atoms with Crippen LogP contribution in [0.25, 0.3) is 0 Å². The molecule has 1 heterocycles. The number of hydrogen-bond donors (Lipinski definition) is 1. The van der Waals surface area contributed by atoms with Crippen molar-refractivity contribution in [3.63, 3.8) is 0 Å². The summed E-state index contributed by atoms with van der Waals surface area (Å²) in [6.45, 7) is 2.23. The van der Waals surface area contributed by atoms with Crippen LogP contribution in [-0.4, -0.2) is 10.9 Å². The molecule has 110 valence electrons. The van der Waals surface area contributed by atoms with Crippen molar-refractivity contribution in [3.8, 4) is 0 Å². The summed E-state index contributed by atoms with van der Waals surface area (Å²) >= 11 is 4.78. The molecule has 1 atom stereocenters. The molecule has 1 N–H and O–H groups in total. The first kappa shape index (κ1) is 14.7. The fourth-order valence-corrected chi connectivity index (χ4v) is 4.02. The minimum Gasteiger partial charge on any atom is -0.298 e. The van der Waals surface area contributed by atoms with Crippen LogP contribution in [0.1, 0.15) is 34.3 Å². The van der Waals surface area contributed by atoms with Crippen LogP contribution in [0.3, 0.4) is 0 Å². The van der Waals surface area contributed by atoms with Gasteiger partial charge in [-0.05, 0) is 59.3 Å². The molecule has 2 aromatic rings. The number of halogens is 2. The molecule has 21 heavy (non-hydrogen) atoms. The lowest BCUT2D eigenvalue weighted by Gasteiger charge is -2.15. The van der Waals surface area contributed by atoms with Crippen LogP contribution in [0.5, 0.6) is 0 Å². The Morgan fingerprint density at radius 2 is 2.33 bits per heavy atom. The number of amides is 1. The summed E-state index contributed by atoms with van der Waals surface area (Å²) in [6, 6.07) is 4.05. The van der Waals surface area contributed by atoms with E-state index in [1.165, 1.54) is 34.4 Å². The van der Waals surface area contributed by atoms with Gasteiger partial charge in [-0.1, -0.05) is 6.92 Å². The van der Waals surface area contributed by atoms with Crippen molar-refractivity contribution in [2.45, 2.75) is 26.2 Å². The highest BCUT2D eigenvalue weighted by atomic mass is 79.9. The van der Waals surface area contributed by atoms with Gasteiger partial charge in [0.25, 0.3) is 5.91 Å². The number of rotatable bonds is 2. The maximum Gasteiger partial charge on any atom is 0.258 e. The number of carbonyl (C=O) groups excluding carboxylic acids is 1. The number of carbonyl (C=O) groups is 1. The first-order chi connectivity index (χ1) is 10.0. The Morgan fingerprint density at radius 1 is 1.52 bits per heavy atom. The number of aromatic nitrogens is 1. The normalized spacial score (nSPS) is 17.4. The molecule has 1 amide bonds. The molecule has 0 aliphatic heterocycles. The van der Waals surface area contributed by atoms with Gasteiger partial charge in [0.2, 0.25) is 0 Å². The third-order valence-electron chi connectivity index (χ3n) is 3.58. The van der Waals surface area contributed by atoms with Crippen molar-refractivity contribution in [2.75, 3.05) is 5.32 Å². The van der Waals surface area contributed by atoms with Gasteiger partial charge in [-0.3, -0.25) is 10.1 Å². The van der Waals surface area contributed by atoms with Crippen LogP contribution in [0.15, 0.2) is 22.7 Å². The molecule has 1 aromatic carbocycles. The number of aryl methyl sites for hydroxylation is 1. The molecule has 1 unspecified atom stereocenters. The number of nitrogens with zero attached hydrogens (tertiary/aromatic N) is 1. The van der Waals surface area contributed by atoms with Crippen LogP contribution >= 0.6 is 27.3 Å². The van der Waals surface area contributed by atoms with Gasteiger partial charge in [-0.15, -0.1) is 11.3 Å². The molecule has 0 saturated carbocycles. The molecule has 0 fully saturated rings. The summed E-state index contributed by atoms with van der Waals surface area (Å²) in [5, 5.41) is 3.36. The number of fused-ring (bicyclic) bond motifs is 1. The number of nitrogens with one attached hydrogen (secondary N) is 1. The number of hydrogen-bond acceptors (Lipinski definition) is 3. The molecule has 6 heteroatoms. The molecule has 1 aliphatic rings. The van der Waals surface area contributed by atoms with Gasteiger partial charge in [0.1, 0.15) is 5.82 Å². The molecule has 3 rings (SSSR count). The fraction of sp³-hybridized carbons (Fsp3) is 0.333. The molecule has 0 radical (unpaired) electrons. The maximum atomic E-state index is 13.3. The van der Waals surface area contributed by atoms with Gasteiger partial charge >= 0.3 is 0 Å². The van der Waals surface area contributed by atoms with E-state index in [2.05, 4.69) is 33.2 Å². The highest BCUT2D eigenvalue weighted by Crippen LogP contribution is 2.32. The third kappa shape index (κ3) is 3.16. The lowest BCUT2D eigenvalue weighted by atomic mass is 9.93. The van der Waals surface area contributed by atoms with Gasteiger partial charge < -0.3 is 0 Å². The van der Waals surface area contributed by atoms with Crippen molar-refractivity contribution < 1.29 is 9.18 Å². The standard InChI is InChI=1S/C15H14BrFN2OS/c1-8-2-5-12-13(6-8)21-15(18-12)19-14(20)10-7-9(17)3-4-11(10)16/h3-4,7-8H,2,5-6H2,1H3,(H,18,19,20). The Bertz CT molecular complexity index is 701. The van der Waals surface area contributed by atoms with Crippen molar-refractivity contribution in [2.24, 2.45) is 5.92 Å². The largest absolute Gasteiger partial charge is 0.298 e. The first-order valence-electron chi connectivity index (χ1n) is 6.78. The van der Waals surface area contributed by atoms with Gasteiger partial charge in [0.05, 0.1) is 11.3 Å². The smallest absolute Gasteiger partial charge is 0.258 e. The Kier molecular flexibility index (Phi) is 4.08. The highest BCUT2D eigenvalue weighted by molar-refractivity contribution is 9.10. The van der Waals surface area contributed by atoms with E-state index in [1.807, 2.05) is 0 Å². The number of anilines is 1. The SMILES string of the molecule is CC1CCc2nc(NC(=O)c3cc(F)ccc3Br)sc2C1.